The molecule has 0 spiro atoms. The molecule has 9 heteroatoms. The van der Waals surface area contributed by atoms with Crippen molar-refractivity contribution >= 4 is 38.7 Å². The summed E-state index contributed by atoms with van der Waals surface area (Å²) in [5, 5.41) is 3.00. The van der Waals surface area contributed by atoms with Crippen molar-refractivity contribution in [3.05, 3.63) is 54.1 Å². The van der Waals surface area contributed by atoms with Crippen molar-refractivity contribution < 1.29 is 13.2 Å². The Kier molecular flexibility index (Phi) is 4.77. The number of aromatic nitrogens is 2. The number of nitrogens with one attached hydrogen (secondary N) is 1. The van der Waals surface area contributed by atoms with Gasteiger partial charge in [0.1, 0.15) is 4.90 Å². The summed E-state index contributed by atoms with van der Waals surface area (Å²) < 4.78 is 30.8. The first-order valence-electron chi connectivity index (χ1n) is 10.4. The summed E-state index contributed by atoms with van der Waals surface area (Å²) >= 11 is 0. The first kappa shape index (κ1) is 19.7. The van der Waals surface area contributed by atoms with Crippen LogP contribution in [0.15, 0.2) is 57.8 Å². The molecular weight excluding hydrogens is 414 g/mol. The van der Waals surface area contributed by atoms with Gasteiger partial charge in [-0.25, -0.2) is 4.98 Å². The van der Waals surface area contributed by atoms with Crippen LogP contribution in [0.4, 0.5) is 5.95 Å². The van der Waals surface area contributed by atoms with E-state index in [1.54, 1.807) is 24.3 Å². The van der Waals surface area contributed by atoms with Crippen LogP contribution in [0.1, 0.15) is 25.3 Å². The maximum atomic E-state index is 13.1. The number of likely N-dealkylation sites (tertiary alicyclic amines) is 1. The Morgan fingerprint density at radius 3 is 2.77 bits per heavy atom. The number of carbonyl (C=O) groups is 1. The number of carbonyl (C=O) groups excluding carboxylic acids is 1. The third kappa shape index (κ3) is 3.38. The molecule has 0 bridgehead atoms. The lowest BCUT2D eigenvalue weighted by Gasteiger charge is -2.33. The van der Waals surface area contributed by atoms with Gasteiger partial charge in [0, 0.05) is 25.2 Å². The number of para-hydroxylation sites is 2. The second-order valence-electron chi connectivity index (χ2n) is 7.83. The van der Waals surface area contributed by atoms with E-state index in [4.69, 9.17) is 0 Å². The number of fused-ring (bicyclic) bond motifs is 2. The number of piperidine rings is 1. The lowest BCUT2D eigenvalue weighted by molar-refractivity contribution is -0.121. The summed E-state index contributed by atoms with van der Waals surface area (Å²) in [6.07, 6.45) is 1.51. The zero-order valence-corrected chi connectivity index (χ0v) is 18.0. The highest BCUT2D eigenvalue weighted by atomic mass is 32.2. The van der Waals surface area contributed by atoms with Gasteiger partial charge < -0.3 is 9.47 Å². The maximum absolute atomic E-state index is 13.1. The highest BCUT2D eigenvalue weighted by molar-refractivity contribution is 7.90. The van der Waals surface area contributed by atoms with Crippen LogP contribution < -0.4 is 5.32 Å². The largest absolute Gasteiger partial charge is 0.355 e. The van der Waals surface area contributed by atoms with Crippen molar-refractivity contribution in [1.82, 2.24) is 14.5 Å². The van der Waals surface area contributed by atoms with E-state index < -0.39 is 10.0 Å². The average Bonchev–Trinajstić information content (AvgIpc) is 3.27. The number of hydrogen-bond donors (Lipinski definition) is 1. The van der Waals surface area contributed by atoms with E-state index in [1.807, 2.05) is 40.7 Å². The predicted octanol–water partition coefficient (Wildman–Crippen LogP) is 2.86. The molecule has 1 aromatic heterocycles. The quantitative estimate of drug-likeness (QED) is 0.680. The van der Waals surface area contributed by atoms with Crippen molar-refractivity contribution in [2.45, 2.75) is 31.2 Å². The van der Waals surface area contributed by atoms with Crippen LogP contribution in [0.3, 0.4) is 0 Å². The Hall–Kier alpha value is -3.20. The molecule has 0 unspecified atom stereocenters. The zero-order chi connectivity index (χ0) is 21.6. The standard InChI is InChI=1S/C22H23N5O3S/c1-2-27-18-11-5-4-10-17(18)23-22(27)24-21(28)15-8-7-13-26(14-15)20-16-9-3-6-12-19(16)31(29,30)25-20/h3-6,9-12,15H,2,7-8,13-14H2,1H3,(H,23,24,28)/t15-/m0/s1. The van der Waals surface area contributed by atoms with E-state index in [0.29, 0.717) is 37.0 Å². The van der Waals surface area contributed by atoms with Crippen LogP contribution in [-0.2, 0) is 21.4 Å². The number of benzene rings is 2. The fourth-order valence-corrected chi connectivity index (χ4v) is 5.63. The number of hydrogen-bond acceptors (Lipinski definition) is 5. The second-order valence-corrected chi connectivity index (χ2v) is 9.40. The molecule has 1 atom stereocenters. The highest BCUT2D eigenvalue weighted by Crippen LogP contribution is 2.30. The SMILES string of the molecule is CCn1c(NC(=O)[C@H]2CCCN(C3=NS(=O)(=O)c4ccccc43)C2)nc2ccccc21. The molecule has 3 aromatic rings. The number of aryl methyl sites for hydroxylation is 1. The van der Waals surface area contributed by atoms with Crippen LogP contribution in [0.25, 0.3) is 11.0 Å². The fraction of sp³-hybridized carbons (Fsp3) is 0.318. The summed E-state index contributed by atoms with van der Waals surface area (Å²) in [5.74, 6) is 0.590. The molecule has 31 heavy (non-hydrogen) atoms. The molecule has 1 N–H and O–H groups in total. The van der Waals surface area contributed by atoms with E-state index in [9.17, 15) is 13.2 Å². The van der Waals surface area contributed by atoms with Crippen LogP contribution in [0.5, 0.6) is 0 Å². The molecule has 1 saturated heterocycles. The van der Waals surface area contributed by atoms with Gasteiger partial charge in [0.2, 0.25) is 11.9 Å². The van der Waals surface area contributed by atoms with Crippen LogP contribution in [0.2, 0.25) is 0 Å². The topological polar surface area (TPSA) is 96.7 Å². The van der Waals surface area contributed by atoms with Gasteiger partial charge >= 0.3 is 0 Å². The first-order valence-corrected chi connectivity index (χ1v) is 11.9. The van der Waals surface area contributed by atoms with Gasteiger partial charge in [0.15, 0.2) is 5.84 Å². The molecule has 160 valence electrons. The van der Waals surface area contributed by atoms with Crippen molar-refractivity contribution in [2.75, 3.05) is 18.4 Å². The monoisotopic (exact) mass is 437 g/mol. The zero-order valence-electron chi connectivity index (χ0n) is 17.2. The van der Waals surface area contributed by atoms with Gasteiger partial charge in [-0.05, 0) is 44.0 Å². The minimum atomic E-state index is -3.68. The van der Waals surface area contributed by atoms with E-state index in [-0.39, 0.29) is 16.7 Å². The van der Waals surface area contributed by atoms with Gasteiger partial charge in [0.25, 0.3) is 10.0 Å². The van der Waals surface area contributed by atoms with Gasteiger partial charge in [-0.15, -0.1) is 4.40 Å². The number of amidine groups is 1. The normalized spacial score (nSPS) is 19.8. The number of sulfonamides is 1. The highest BCUT2D eigenvalue weighted by Gasteiger charge is 2.35. The number of amides is 1. The Morgan fingerprint density at radius 2 is 1.94 bits per heavy atom. The maximum Gasteiger partial charge on any atom is 0.285 e. The van der Waals surface area contributed by atoms with Gasteiger partial charge in [-0.3, -0.25) is 10.1 Å². The van der Waals surface area contributed by atoms with Gasteiger partial charge in [-0.2, -0.15) is 8.42 Å². The number of anilines is 1. The van der Waals surface area contributed by atoms with Gasteiger partial charge in [0.05, 0.1) is 17.0 Å². The smallest absolute Gasteiger partial charge is 0.285 e. The van der Waals surface area contributed by atoms with Crippen LogP contribution in [-0.4, -0.2) is 47.7 Å². The number of nitrogens with zero attached hydrogens (tertiary/aromatic N) is 4. The minimum Gasteiger partial charge on any atom is -0.355 e. The fourth-order valence-electron chi connectivity index (χ4n) is 4.40. The Morgan fingerprint density at radius 1 is 1.16 bits per heavy atom. The molecule has 2 aliphatic heterocycles. The summed E-state index contributed by atoms with van der Waals surface area (Å²) in [6.45, 7) is 3.79. The molecule has 1 amide bonds. The Bertz CT molecular complexity index is 1310. The van der Waals surface area contributed by atoms with Crippen molar-refractivity contribution in [3.8, 4) is 0 Å². The lowest BCUT2D eigenvalue weighted by atomic mass is 9.96. The van der Waals surface area contributed by atoms with E-state index in [2.05, 4.69) is 14.7 Å². The molecule has 8 nitrogen and oxygen atoms in total. The Balaban J connectivity index is 1.38. The molecule has 0 aliphatic carbocycles. The summed E-state index contributed by atoms with van der Waals surface area (Å²) in [4.78, 5) is 19.8. The van der Waals surface area contributed by atoms with Crippen LogP contribution in [0, 0.1) is 5.92 Å². The Labute approximate surface area is 180 Å². The summed E-state index contributed by atoms with van der Waals surface area (Å²) in [6, 6.07) is 14.6. The molecule has 1 fully saturated rings. The predicted molar refractivity (Wildman–Crippen MR) is 118 cm³/mol. The minimum absolute atomic E-state index is 0.107. The van der Waals surface area contributed by atoms with E-state index in [1.165, 1.54) is 0 Å². The van der Waals surface area contributed by atoms with Crippen molar-refractivity contribution in [1.29, 1.82) is 0 Å². The lowest BCUT2D eigenvalue weighted by Crippen LogP contribution is -2.44. The van der Waals surface area contributed by atoms with E-state index >= 15 is 0 Å². The summed E-state index contributed by atoms with van der Waals surface area (Å²) in [7, 11) is -3.68. The number of imidazole rings is 1. The van der Waals surface area contributed by atoms with Crippen molar-refractivity contribution in [3.63, 3.8) is 0 Å². The first-order chi connectivity index (χ1) is 15.0. The van der Waals surface area contributed by atoms with Gasteiger partial charge in [-0.1, -0.05) is 24.3 Å². The third-order valence-electron chi connectivity index (χ3n) is 5.91. The molecule has 3 heterocycles. The average molecular weight is 438 g/mol. The molecule has 5 rings (SSSR count). The second kappa shape index (κ2) is 7.49. The molecular formula is C22H23N5O3S. The number of rotatable bonds is 3. The molecule has 0 radical (unpaired) electrons. The summed E-state index contributed by atoms with van der Waals surface area (Å²) in [5.41, 5.74) is 2.43. The molecule has 2 aromatic carbocycles. The third-order valence-corrected chi connectivity index (χ3v) is 7.24. The molecule has 2 aliphatic rings. The van der Waals surface area contributed by atoms with Crippen molar-refractivity contribution in [2.24, 2.45) is 10.3 Å². The molecule has 0 saturated carbocycles. The van der Waals surface area contributed by atoms with Crippen LogP contribution >= 0.6 is 0 Å². The van der Waals surface area contributed by atoms with E-state index in [0.717, 1.165) is 23.9 Å².